The van der Waals surface area contributed by atoms with Crippen LogP contribution < -0.4 is 10.5 Å². The van der Waals surface area contributed by atoms with E-state index in [-0.39, 0.29) is 5.82 Å². The van der Waals surface area contributed by atoms with Crippen LogP contribution in [0.4, 0.5) is 4.39 Å². The summed E-state index contributed by atoms with van der Waals surface area (Å²) in [4.78, 5) is 4.51. The summed E-state index contributed by atoms with van der Waals surface area (Å²) in [6.07, 6.45) is 0.659. The molecule has 0 aliphatic rings. The Kier molecular flexibility index (Phi) is 4.21. The lowest BCUT2D eigenvalue weighted by molar-refractivity contribution is 0.415. The molecule has 0 amide bonds. The molecular weight excluding hydrogens is 313 g/mol. The third-order valence-electron chi connectivity index (χ3n) is 2.90. The summed E-state index contributed by atoms with van der Waals surface area (Å²) in [6.45, 7) is 0.511. The first-order valence-electron chi connectivity index (χ1n) is 5.83. The topological polar surface area (TPSA) is 53.1 Å². The van der Waals surface area contributed by atoms with Crippen LogP contribution in [0.25, 0.3) is 11.3 Å². The molecule has 6 heteroatoms. The van der Waals surface area contributed by atoms with Crippen molar-refractivity contribution in [2.24, 2.45) is 12.8 Å². The number of benzene rings is 1. The van der Waals surface area contributed by atoms with Gasteiger partial charge in [-0.1, -0.05) is 0 Å². The van der Waals surface area contributed by atoms with E-state index in [0.717, 1.165) is 10.4 Å². The molecule has 19 heavy (non-hydrogen) atoms. The van der Waals surface area contributed by atoms with E-state index in [1.807, 2.05) is 11.6 Å². The number of aromatic nitrogens is 2. The van der Waals surface area contributed by atoms with Gasteiger partial charge in [0.05, 0.1) is 7.11 Å². The van der Waals surface area contributed by atoms with Crippen LogP contribution in [-0.4, -0.2) is 23.2 Å². The fraction of sp³-hybridized carbons (Fsp3) is 0.308. The maximum absolute atomic E-state index is 13.4. The first kappa shape index (κ1) is 14.0. The predicted octanol–water partition coefficient (Wildman–Crippen LogP) is 2.50. The molecular formula is C13H15BrFN3O. The minimum absolute atomic E-state index is 0.325. The quantitative estimate of drug-likeness (QED) is 0.938. The smallest absolute Gasteiger partial charge is 0.128 e. The van der Waals surface area contributed by atoms with E-state index in [2.05, 4.69) is 20.9 Å². The van der Waals surface area contributed by atoms with Crippen molar-refractivity contribution in [1.82, 2.24) is 9.55 Å². The highest BCUT2D eigenvalue weighted by Crippen LogP contribution is 2.35. The lowest BCUT2D eigenvalue weighted by atomic mass is 10.1. The van der Waals surface area contributed by atoms with Gasteiger partial charge in [-0.3, -0.25) is 0 Å². The van der Waals surface area contributed by atoms with Gasteiger partial charge in [0, 0.05) is 19.0 Å². The molecule has 0 fully saturated rings. The zero-order valence-electron chi connectivity index (χ0n) is 10.8. The molecule has 1 aromatic carbocycles. The van der Waals surface area contributed by atoms with Crippen LogP contribution in [0, 0.1) is 5.82 Å². The zero-order chi connectivity index (χ0) is 14.0. The zero-order valence-corrected chi connectivity index (χ0v) is 12.4. The SMILES string of the molecule is COc1ccc(F)cc1-c1nc(CCN)n(C)c1Br. The van der Waals surface area contributed by atoms with Crippen molar-refractivity contribution in [2.75, 3.05) is 13.7 Å². The fourth-order valence-electron chi connectivity index (χ4n) is 1.91. The van der Waals surface area contributed by atoms with E-state index >= 15 is 0 Å². The minimum Gasteiger partial charge on any atom is -0.496 e. The van der Waals surface area contributed by atoms with Crippen molar-refractivity contribution >= 4 is 15.9 Å². The second-order valence-corrected chi connectivity index (χ2v) is 4.86. The Morgan fingerprint density at radius 3 is 2.84 bits per heavy atom. The third-order valence-corrected chi connectivity index (χ3v) is 3.81. The average molecular weight is 328 g/mol. The average Bonchev–Trinajstić information content (AvgIpc) is 2.67. The summed E-state index contributed by atoms with van der Waals surface area (Å²) in [5, 5.41) is 0. The summed E-state index contributed by atoms with van der Waals surface area (Å²) >= 11 is 3.48. The molecule has 1 heterocycles. The van der Waals surface area contributed by atoms with Crippen molar-refractivity contribution in [3.63, 3.8) is 0 Å². The molecule has 0 aliphatic heterocycles. The largest absolute Gasteiger partial charge is 0.496 e. The molecule has 102 valence electrons. The van der Waals surface area contributed by atoms with Gasteiger partial charge in [0.1, 0.15) is 27.7 Å². The molecule has 0 unspecified atom stereocenters. The van der Waals surface area contributed by atoms with Gasteiger partial charge < -0.3 is 15.0 Å². The maximum atomic E-state index is 13.4. The lowest BCUT2D eigenvalue weighted by Crippen LogP contribution is -2.07. The lowest BCUT2D eigenvalue weighted by Gasteiger charge is -2.06. The Morgan fingerprint density at radius 1 is 1.47 bits per heavy atom. The van der Waals surface area contributed by atoms with Crippen LogP contribution in [-0.2, 0) is 13.5 Å². The van der Waals surface area contributed by atoms with Crippen LogP contribution in [0.3, 0.4) is 0 Å². The molecule has 0 spiro atoms. The van der Waals surface area contributed by atoms with Gasteiger partial charge in [-0.15, -0.1) is 0 Å². The molecule has 0 radical (unpaired) electrons. The first-order chi connectivity index (χ1) is 9.08. The van der Waals surface area contributed by atoms with Gasteiger partial charge in [-0.05, 0) is 40.7 Å². The minimum atomic E-state index is -0.325. The second-order valence-electron chi connectivity index (χ2n) is 4.11. The Morgan fingerprint density at radius 2 is 2.21 bits per heavy atom. The molecule has 0 saturated carbocycles. The number of nitrogens with zero attached hydrogens (tertiary/aromatic N) is 2. The Labute approximate surface area is 119 Å². The molecule has 0 atom stereocenters. The number of ether oxygens (including phenoxy) is 1. The van der Waals surface area contributed by atoms with Crippen LogP contribution >= 0.6 is 15.9 Å². The summed E-state index contributed by atoms with van der Waals surface area (Å²) in [7, 11) is 3.44. The van der Waals surface area contributed by atoms with Gasteiger partial charge in [0.25, 0.3) is 0 Å². The molecule has 4 nitrogen and oxygen atoms in total. The maximum Gasteiger partial charge on any atom is 0.128 e. The van der Waals surface area contributed by atoms with Gasteiger partial charge >= 0.3 is 0 Å². The summed E-state index contributed by atoms with van der Waals surface area (Å²) in [5.74, 6) is 1.10. The van der Waals surface area contributed by atoms with E-state index in [1.54, 1.807) is 13.2 Å². The number of imidazole rings is 1. The van der Waals surface area contributed by atoms with Crippen molar-refractivity contribution in [2.45, 2.75) is 6.42 Å². The van der Waals surface area contributed by atoms with Crippen LogP contribution in [0.1, 0.15) is 5.82 Å². The third kappa shape index (κ3) is 2.64. The first-order valence-corrected chi connectivity index (χ1v) is 6.62. The number of hydrogen-bond donors (Lipinski definition) is 1. The van der Waals surface area contributed by atoms with Crippen LogP contribution in [0.15, 0.2) is 22.8 Å². The van der Waals surface area contributed by atoms with E-state index < -0.39 is 0 Å². The number of methoxy groups -OCH3 is 1. The Bertz CT molecular complexity index is 598. The highest BCUT2D eigenvalue weighted by Gasteiger charge is 2.17. The van der Waals surface area contributed by atoms with Crippen molar-refractivity contribution < 1.29 is 9.13 Å². The van der Waals surface area contributed by atoms with Crippen LogP contribution in [0.5, 0.6) is 5.75 Å². The van der Waals surface area contributed by atoms with Crippen molar-refractivity contribution in [3.8, 4) is 17.0 Å². The number of halogens is 2. The van der Waals surface area contributed by atoms with Gasteiger partial charge in [-0.25, -0.2) is 9.37 Å². The highest BCUT2D eigenvalue weighted by atomic mass is 79.9. The molecule has 0 aliphatic carbocycles. The van der Waals surface area contributed by atoms with E-state index in [1.165, 1.54) is 12.1 Å². The summed E-state index contributed by atoms with van der Waals surface area (Å²) in [6, 6.07) is 4.37. The van der Waals surface area contributed by atoms with Crippen molar-refractivity contribution in [1.29, 1.82) is 0 Å². The predicted molar refractivity (Wildman–Crippen MR) is 75.6 cm³/mol. The van der Waals surface area contributed by atoms with Crippen molar-refractivity contribution in [3.05, 3.63) is 34.4 Å². The summed E-state index contributed by atoms with van der Waals surface area (Å²) < 4.78 is 21.4. The highest BCUT2D eigenvalue weighted by molar-refractivity contribution is 9.10. The van der Waals surface area contributed by atoms with Gasteiger partial charge in [-0.2, -0.15) is 0 Å². The number of hydrogen-bond acceptors (Lipinski definition) is 3. The molecule has 0 bridgehead atoms. The monoisotopic (exact) mass is 327 g/mol. The van der Waals surface area contributed by atoms with E-state index in [4.69, 9.17) is 10.5 Å². The Balaban J connectivity index is 2.58. The van der Waals surface area contributed by atoms with Crippen LogP contribution in [0.2, 0.25) is 0 Å². The molecule has 0 saturated heterocycles. The number of nitrogens with two attached hydrogens (primary N) is 1. The normalized spacial score (nSPS) is 10.8. The molecule has 2 rings (SSSR count). The fourth-order valence-corrected chi connectivity index (χ4v) is 2.42. The molecule has 2 N–H and O–H groups in total. The molecule has 1 aromatic heterocycles. The summed E-state index contributed by atoms with van der Waals surface area (Å²) in [5.41, 5.74) is 6.83. The van der Waals surface area contributed by atoms with E-state index in [9.17, 15) is 4.39 Å². The Hall–Kier alpha value is -1.40. The van der Waals surface area contributed by atoms with Gasteiger partial charge in [0.15, 0.2) is 0 Å². The molecule has 2 aromatic rings. The standard InChI is InChI=1S/C13H15BrFN3O/c1-18-11(5-6-16)17-12(13(18)14)9-7-8(15)3-4-10(9)19-2/h3-4,7H,5-6,16H2,1-2H3. The number of rotatable bonds is 4. The van der Waals surface area contributed by atoms with E-state index in [0.29, 0.717) is 30.0 Å². The second kappa shape index (κ2) is 5.71. The van der Waals surface area contributed by atoms with Gasteiger partial charge in [0.2, 0.25) is 0 Å².